The Morgan fingerprint density at radius 1 is 1.07 bits per heavy atom. The van der Waals surface area contributed by atoms with E-state index in [4.69, 9.17) is 0 Å². The van der Waals surface area contributed by atoms with Crippen molar-refractivity contribution >= 4 is 21.7 Å². The normalized spacial score (nSPS) is 15.0. The fourth-order valence-corrected chi connectivity index (χ4v) is 3.96. The maximum atomic E-state index is 12.4. The first-order valence-electron chi connectivity index (χ1n) is 9.02. The van der Waals surface area contributed by atoms with Crippen LogP contribution in [0.1, 0.15) is 12.5 Å². The lowest BCUT2D eigenvalue weighted by molar-refractivity contribution is -0.130. The Kier molecular flexibility index (Phi) is 6.08. The molecule has 1 saturated heterocycles. The third-order valence-corrected chi connectivity index (χ3v) is 6.08. The zero-order chi connectivity index (χ0) is 19.3. The molecule has 0 aliphatic carbocycles. The molecule has 0 atom stereocenters. The molecule has 0 bridgehead atoms. The highest BCUT2D eigenvalue weighted by molar-refractivity contribution is 7.89. The zero-order valence-electron chi connectivity index (χ0n) is 15.3. The monoisotopic (exact) mass is 388 g/mol. The molecule has 8 heteroatoms. The molecule has 144 valence electrons. The molecule has 1 aliphatic rings. The quantitative estimate of drug-likeness (QED) is 0.806. The number of carbonyl (C=O) groups is 1. The van der Waals surface area contributed by atoms with E-state index >= 15 is 0 Å². The van der Waals surface area contributed by atoms with Crippen LogP contribution in [0, 0.1) is 0 Å². The molecule has 1 fully saturated rings. The first kappa shape index (κ1) is 19.3. The van der Waals surface area contributed by atoms with Gasteiger partial charge in [0.2, 0.25) is 15.9 Å². The van der Waals surface area contributed by atoms with E-state index in [2.05, 4.69) is 14.6 Å². The van der Waals surface area contributed by atoms with Gasteiger partial charge in [0.1, 0.15) is 5.82 Å². The molecule has 0 radical (unpaired) electrons. The van der Waals surface area contributed by atoms with Crippen LogP contribution in [0.25, 0.3) is 0 Å². The van der Waals surface area contributed by atoms with Gasteiger partial charge in [0.25, 0.3) is 0 Å². The maximum absolute atomic E-state index is 12.4. The molecular formula is C19H24N4O3S. The molecule has 1 aliphatic heterocycles. The Bertz CT molecular complexity index is 862. The predicted molar refractivity (Wildman–Crippen MR) is 104 cm³/mol. The molecule has 0 saturated carbocycles. The molecule has 1 aromatic carbocycles. The SMILES string of the molecule is CCc1ccc(S(=O)(=O)NCC(=O)N2CCN(c3ccccn3)CC2)cc1. The van der Waals surface area contributed by atoms with Crippen molar-refractivity contribution in [3.8, 4) is 0 Å². The predicted octanol–water partition coefficient (Wildman–Crippen LogP) is 1.27. The molecule has 0 unspecified atom stereocenters. The fourth-order valence-electron chi connectivity index (χ4n) is 2.98. The largest absolute Gasteiger partial charge is 0.353 e. The van der Waals surface area contributed by atoms with E-state index in [1.165, 1.54) is 0 Å². The van der Waals surface area contributed by atoms with Crippen molar-refractivity contribution in [1.82, 2.24) is 14.6 Å². The van der Waals surface area contributed by atoms with Gasteiger partial charge in [0, 0.05) is 32.4 Å². The lowest BCUT2D eigenvalue weighted by Gasteiger charge is -2.35. The number of nitrogens with zero attached hydrogens (tertiary/aromatic N) is 3. The smallest absolute Gasteiger partial charge is 0.241 e. The first-order valence-corrected chi connectivity index (χ1v) is 10.5. The highest BCUT2D eigenvalue weighted by Crippen LogP contribution is 2.13. The van der Waals surface area contributed by atoms with Crippen LogP contribution in [0.3, 0.4) is 0 Å². The molecular weight excluding hydrogens is 364 g/mol. The van der Waals surface area contributed by atoms with Crippen molar-refractivity contribution in [2.75, 3.05) is 37.6 Å². The van der Waals surface area contributed by atoms with Crippen LogP contribution in [0.5, 0.6) is 0 Å². The number of carbonyl (C=O) groups excluding carboxylic acids is 1. The van der Waals surface area contributed by atoms with Gasteiger partial charge in [0.05, 0.1) is 11.4 Å². The van der Waals surface area contributed by atoms with Gasteiger partial charge < -0.3 is 9.80 Å². The minimum absolute atomic E-state index is 0.174. The average molecular weight is 388 g/mol. The lowest BCUT2D eigenvalue weighted by Crippen LogP contribution is -2.51. The highest BCUT2D eigenvalue weighted by atomic mass is 32.2. The molecule has 0 spiro atoms. The van der Waals surface area contributed by atoms with E-state index in [0.717, 1.165) is 17.8 Å². The first-order chi connectivity index (χ1) is 13.0. The van der Waals surface area contributed by atoms with Gasteiger partial charge in [-0.05, 0) is 36.2 Å². The molecule has 27 heavy (non-hydrogen) atoms. The van der Waals surface area contributed by atoms with Gasteiger partial charge in [-0.3, -0.25) is 4.79 Å². The number of pyridine rings is 1. The second-order valence-corrected chi connectivity index (χ2v) is 8.14. The fraction of sp³-hybridized carbons (Fsp3) is 0.368. The van der Waals surface area contributed by atoms with Crippen LogP contribution < -0.4 is 9.62 Å². The number of aromatic nitrogens is 1. The van der Waals surface area contributed by atoms with E-state index in [1.54, 1.807) is 35.4 Å². The van der Waals surface area contributed by atoms with Gasteiger partial charge in [-0.1, -0.05) is 25.1 Å². The van der Waals surface area contributed by atoms with E-state index in [1.807, 2.05) is 25.1 Å². The Balaban J connectivity index is 1.52. The minimum Gasteiger partial charge on any atom is -0.353 e. The van der Waals surface area contributed by atoms with Crippen LogP contribution in [0.4, 0.5) is 5.82 Å². The summed E-state index contributed by atoms with van der Waals surface area (Å²) >= 11 is 0. The van der Waals surface area contributed by atoms with Crippen LogP contribution >= 0.6 is 0 Å². The summed E-state index contributed by atoms with van der Waals surface area (Å²) in [4.78, 5) is 20.7. The number of nitrogens with one attached hydrogen (secondary N) is 1. The number of anilines is 1. The van der Waals surface area contributed by atoms with Gasteiger partial charge >= 0.3 is 0 Å². The number of benzene rings is 1. The third-order valence-electron chi connectivity index (χ3n) is 4.66. The number of aryl methyl sites for hydroxylation is 1. The van der Waals surface area contributed by atoms with Crippen molar-refractivity contribution in [3.05, 3.63) is 54.2 Å². The third kappa shape index (κ3) is 4.84. The van der Waals surface area contributed by atoms with Crippen molar-refractivity contribution in [2.45, 2.75) is 18.2 Å². The van der Waals surface area contributed by atoms with Crippen molar-refractivity contribution < 1.29 is 13.2 Å². The topological polar surface area (TPSA) is 82.6 Å². The van der Waals surface area contributed by atoms with E-state index < -0.39 is 10.0 Å². The van der Waals surface area contributed by atoms with Crippen molar-refractivity contribution in [1.29, 1.82) is 0 Å². The summed E-state index contributed by atoms with van der Waals surface area (Å²) in [5, 5.41) is 0. The summed E-state index contributed by atoms with van der Waals surface area (Å²) in [6, 6.07) is 12.4. The van der Waals surface area contributed by atoms with Gasteiger partial charge in [0.15, 0.2) is 0 Å². The summed E-state index contributed by atoms with van der Waals surface area (Å²) in [6.45, 7) is 4.21. The molecule has 7 nitrogen and oxygen atoms in total. The number of hydrogen-bond donors (Lipinski definition) is 1. The lowest BCUT2D eigenvalue weighted by atomic mass is 10.2. The Morgan fingerprint density at radius 3 is 2.37 bits per heavy atom. The molecule has 1 aromatic heterocycles. The van der Waals surface area contributed by atoms with E-state index in [0.29, 0.717) is 26.2 Å². The Hall–Kier alpha value is -2.45. The standard InChI is InChI=1S/C19H24N4O3S/c1-2-16-6-8-17(9-7-16)27(25,26)21-15-19(24)23-13-11-22(12-14-23)18-5-3-4-10-20-18/h3-10,21H,2,11-15H2,1H3. The van der Waals surface area contributed by atoms with Gasteiger partial charge in [-0.2, -0.15) is 0 Å². The molecule has 1 amide bonds. The highest BCUT2D eigenvalue weighted by Gasteiger charge is 2.23. The van der Waals surface area contributed by atoms with E-state index in [9.17, 15) is 13.2 Å². The maximum Gasteiger partial charge on any atom is 0.241 e. The minimum atomic E-state index is -3.69. The Morgan fingerprint density at radius 2 is 1.78 bits per heavy atom. The number of hydrogen-bond acceptors (Lipinski definition) is 5. The molecule has 1 N–H and O–H groups in total. The van der Waals surface area contributed by atoms with Crippen molar-refractivity contribution in [3.63, 3.8) is 0 Å². The summed E-state index contributed by atoms with van der Waals surface area (Å²) in [5.74, 6) is 0.672. The molecule has 2 aromatic rings. The summed E-state index contributed by atoms with van der Waals surface area (Å²) in [6.07, 6.45) is 2.59. The van der Waals surface area contributed by atoms with Crippen LogP contribution in [0.15, 0.2) is 53.6 Å². The van der Waals surface area contributed by atoms with Gasteiger partial charge in [-0.25, -0.2) is 18.1 Å². The number of piperazine rings is 1. The summed E-state index contributed by atoms with van der Waals surface area (Å²) in [7, 11) is -3.69. The number of rotatable bonds is 6. The average Bonchev–Trinajstić information content (AvgIpc) is 2.73. The van der Waals surface area contributed by atoms with Crippen LogP contribution in [-0.4, -0.2) is 56.9 Å². The number of sulfonamides is 1. The van der Waals surface area contributed by atoms with Crippen molar-refractivity contribution in [2.24, 2.45) is 0 Å². The summed E-state index contributed by atoms with van der Waals surface area (Å²) < 4.78 is 27.1. The molecule has 3 rings (SSSR count). The van der Waals surface area contributed by atoms with Gasteiger partial charge in [-0.15, -0.1) is 0 Å². The zero-order valence-corrected chi connectivity index (χ0v) is 16.2. The molecule has 2 heterocycles. The Labute approximate surface area is 160 Å². The second-order valence-electron chi connectivity index (χ2n) is 6.38. The van der Waals surface area contributed by atoms with E-state index in [-0.39, 0.29) is 17.3 Å². The van der Waals surface area contributed by atoms with Crippen LogP contribution in [-0.2, 0) is 21.2 Å². The number of amides is 1. The summed E-state index contributed by atoms with van der Waals surface area (Å²) in [5.41, 5.74) is 1.07. The second kappa shape index (κ2) is 8.49. The van der Waals surface area contributed by atoms with Crippen LogP contribution in [0.2, 0.25) is 0 Å².